The van der Waals surface area contributed by atoms with Gasteiger partial charge in [-0.25, -0.2) is 0 Å². The van der Waals surface area contributed by atoms with Crippen LogP contribution >= 0.6 is 0 Å². The standard InChI is InChI=1S/C22H22F2N2O3/c1-2-28-20-13-15(7-9-19(20)29-22(23)24)8-10-21(27)25-12-11-16-14-26-18-6-4-3-5-17(16)18/h3-10,13-14,22,26H,2,11-12H2,1H3,(H,25,27)/b10-8+. The molecule has 1 heterocycles. The molecule has 0 unspecified atom stereocenters. The van der Waals surface area contributed by atoms with Gasteiger partial charge in [-0.15, -0.1) is 0 Å². The van der Waals surface area contributed by atoms with Gasteiger partial charge < -0.3 is 19.8 Å². The molecule has 7 heteroatoms. The molecular weight excluding hydrogens is 378 g/mol. The third kappa shape index (κ3) is 5.57. The van der Waals surface area contributed by atoms with Crippen molar-refractivity contribution in [3.05, 3.63) is 65.9 Å². The molecule has 0 spiro atoms. The van der Waals surface area contributed by atoms with E-state index in [0.717, 1.165) is 16.5 Å². The zero-order chi connectivity index (χ0) is 20.6. The second-order valence-electron chi connectivity index (χ2n) is 6.25. The number of aromatic amines is 1. The normalized spacial score (nSPS) is 11.3. The molecule has 152 valence electrons. The Morgan fingerprint density at radius 2 is 2.03 bits per heavy atom. The van der Waals surface area contributed by atoms with Crippen molar-refractivity contribution >= 4 is 22.9 Å². The van der Waals surface area contributed by atoms with Crippen LogP contribution in [0.3, 0.4) is 0 Å². The summed E-state index contributed by atoms with van der Waals surface area (Å²) < 4.78 is 34.7. The quantitative estimate of drug-likeness (QED) is 0.519. The number of hydrogen-bond donors (Lipinski definition) is 2. The molecule has 3 rings (SSSR count). The van der Waals surface area contributed by atoms with Gasteiger partial charge in [0.2, 0.25) is 5.91 Å². The molecule has 0 atom stereocenters. The molecule has 0 fully saturated rings. The summed E-state index contributed by atoms with van der Waals surface area (Å²) >= 11 is 0. The number of H-pyrrole nitrogens is 1. The number of fused-ring (bicyclic) bond motifs is 1. The van der Waals surface area contributed by atoms with E-state index in [1.165, 1.54) is 12.1 Å². The minimum atomic E-state index is -2.93. The maximum Gasteiger partial charge on any atom is 0.387 e. The third-order valence-electron chi connectivity index (χ3n) is 4.28. The fraction of sp³-hybridized carbons (Fsp3) is 0.227. The summed E-state index contributed by atoms with van der Waals surface area (Å²) in [5.41, 5.74) is 2.85. The van der Waals surface area contributed by atoms with Crippen LogP contribution in [0.15, 0.2) is 54.7 Å². The lowest BCUT2D eigenvalue weighted by Gasteiger charge is -2.11. The number of amides is 1. The van der Waals surface area contributed by atoms with E-state index in [-0.39, 0.29) is 17.4 Å². The Hall–Kier alpha value is -3.35. The van der Waals surface area contributed by atoms with E-state index >= 15 is 0 Å². The number of aromatic nitrogens is 1. The summed E-state index contributed by atoms with van der Waals surface area (Å²) in [6.07, 6.45) is 5.65. The summed E-state index contributed by atoms with van der Waals surface area (Å²) in [4.78, 5) is 15.3. The van der Waals surface area contributed by atoms with Crippen molar-refractivity contribution in [2.75, 3.05) is 13.2 Å². The van der Waals surface area contributed by atoms with Crippen LogP contribution in [-0.2, 0) is 11.2 Å². The van der Waals surface area contributed by atoms with E-state index in [2.05, 4.69) is 15.0 Å². The summed E-state index contributed by atoms with van der Waals surface area (Å²) in [7, 11) is 0. The zero-order valence-electron chi connectivity index (χ0n) is 16.0. The third-order valence-corrected chi connectivity index (χ3v) is 4.28. The van der Waals surface area contributed by atoms with Crippen molar-refractivity contribution in [3.8, 4) is 11.5 Å². The molecule has 0 saturated heterocycles. The van der Waals surface area contributed by atoms with Crippen LogP contribution in [-0.4, -0.2) is 30.7 Å². The van der Waals surface area contributed by atoms with E-state index in [1.54, 1.807) is 25.1 Å². The van der Waals surface area contributed by atoms with Crippen molar-refractivity contribution in [2.45, 2.75) is 20.0 Å². The number of halogens is 2. The van der Waals surface area contributed by atoms with E-state index in [1.807, 2.05) is 30.5 Å². The van der Waals surface area contributed by atoms with E-state index in [4.69, 9.17) is 4.74 Å². The smallest absolute Gasteiger partial charge is 0.387 e. The molecule has 0 saturated carbocycles. The maximum atomic E-state index is 12.5. The Morgan fingerprint density at radius 3 is 2.83 bits per heavy atom. The molecule has 5 nitrogen and oxygen atoms in total. The fourth-order valence-corrected chi connectivity index (χ4v) is 2.98. The van der Waals surface area contributed by atoms with E-state index in [9.17, 15) is 13.6 Å². The molecule has 0 radical (unpaired) electrons. The van der Waals surface area contributed by atoms with Gasteiger partial charge in [0, 0.05) is 29.7 Å². The lowest BCUT2D eigenvalue weighted by molar-refractivity contribution is -0.116. The molecule has 0 aliphatic carbocycles. The van der Waals surface area contributed by atoms with E-state index in [0.29, 0.717) is 25.1 Å². The van der Waals surface area contributed by atoms with Crippen LogP contribution in [0.4, 0.5) is 8.78 Å². The number of benzene rings is 2. The molecule has 29 heavy (non-hydrogen) atoms. The first-order valence-corrected chi connectivity index (χ1v) is 9.29. The Kier molecular flexibility index (Phi) is 6.84. The van der Waals surface area contributed by atoms with Gasteiger partial charge in [0.25, 0.3) is 0 Å². The monoisotopic (exact) mass is 400 g/mol. The Bertz CT molecular complexity index is 999. The van der Waals surface area contributed by atoms with Gasteiger partial charge >= 0.3 is 6.61 Å². The molecule has 1 aromatic heterocycles. The highest BCUT2D eigenvalue weighted by Crippen LogP contribution is 2.30. The van der Waals surface area contributed by atoms with Crippen LogP contribution in [0.25, 0.3) is 17.0 Å². The van der Waals surface area contributed by atoms with Gasteiger partial charge in [-0.3, -0.25) is 4.79 Å². The minimum absolute atomic E-state index is 0.0396. The Labute approximate surface area is 167 Å². The molecule has 0 bridgehead atoms. The van der Waals surface area contributed by atoms with Gasteiger partial charge in [-0.1, -0.05) is 24.3 Å². The summed E-state index contributed by atoms with van der Waals surface area (Å²) in [6.45, 7) is -0.383. The Morgan fingerprint density at radius 1 is 1.21 bits per heavy atom. The number of carbonyl (C=O) groups is 1. The summed E-state index contributed by atoms with van der Waals surface area (Å²) in [5, 5.41) is 3.98. The van der Waals surface area contributed by atoms with Crippen LogP contribution < -0.4 is 14.8 Å². The van der Waals surface area contributed by atoms with Crippen LogP contribution in [0.5, 0.6) is 11.5 Å². The van der Waals surface area contributed by atoms with Gasteiger partial charge in [0.05, 0.1) is 6.61 Å². The first-order chi connectivity index (χ1) is 14.1. The zero-order valence-corrected chi connectivity index (χ0v) is 16.0. The molecule has 2 aromatic carbocycles. The van der Waals surface area contributed by atoms with E-state index < -0.39 is 6.61 Å². The number of hydrogen-bond acceptors (Lipinski definition) is 3. The topological polar surface area (TPSA) is 63.3 Å². The average molecular weight is 400 g/mol. The average Bonchev–Trinajstić information content (AvgIpc) is 3.11. The lowest BCUT2D eigenvalue weighted by atomic mass is 10.1. The number of nitrogens with one attached hydrogen (secondary N) is 2. The van der Waals surface area contributed by atoms with Crippen molar-refractivity contribution in [3.63, 3.8) is 0 Å². The number of ether oxygens (including phenoxy) is 2. The van der Waals surface area contributed by atoms with Gasteiger partial charge in [-0.05, 0) is 48.7 Å². The van der Waals surface area contributed by atoms with Crippen molar-refractivity contribution < 1.29 is 23.0 Å². The molecule has 1 amide bonds. The highest BCUT2D eigenvalue weighted by Gasteiger charge is 2.11. The second kappa shape index (κ2) is 9.73. The predicted molar refractivity (Wildman–Crippen MR) is 108 cm³/mol. The molecule has 3 aromatic rings. The summed E-state index contributed by atoms with van der Waals surface area (Å²) in [6, 6.07) is 12.5. The number of carbonyl (C=O) groups excluding carboxylic acids is 1. The van der Waals surface area contributed by atoms with Gasteiger partial charge in [-0.2, -0.15) is 8.78 Å². The van der Waals surface area contributed by atoms with Crippen molar-refractivity contribution in [1.29, 1.82) is 0 Å². The van der Waals surface area contributed by atoms with Crippen LogP contribution in [0, 0.1) is 0 Å². The van der Waals surface area contributed by atoms with Crippen LogP contribution in [0.1, 0.15) is 18.1 Å². The first kappa shape index (κ1) is 20.4. The number of alkyl halides is 2. The van der Waals surface area contributed by atoms with Gasteiger partial charge in [0.1, 0.15) is 0 Å². The minimum Gasteiger partial charge on any atom is -0.490 e. The molecule has 0 aliphatic rings. The largest absolute Gasteiger partial charge is 0.490 e. The lowest BCUT2D eigenvalue weighted by Crippen LogP contribution is -2.23. The predicted octanol–water partition coefficient (Wildman–Crippen LogP) is 4.54. The Balaban J connectivity index is 1.56. The maximum absolute atomic E-state index is 12.5. The highest BCUT2D eigenvalue weighted by molar-refractivity contribution is 5.91. The molecule has 2 N–H and O–H groups in total. The van der Waals surface area contributed by atoms with Crippen molar-refractivity contribution in [1.82, 2.24) is 10.3 Å². The molecule has 0 aliphatic heterocycles. The molecular formula is C22H22F2N2O3. The van der Waals surface area contributed by atoms with Crippen molar-refractivity contribution in [2.24, 2.45) is 0 Å². The fourth-order valence-electron chi connectivity index (χ4n) is 2.98. The van der Waals surface area contributed by atoms with Crippen LogP contribution in [0.2, 0.25) is 0 Å². The first-order valence-electron chi connectivity index (χ1n) is 9.29. The number of rotatable bonds is 9. The highest BCUT2D eigenvalue weighted by atomic mass is 19.3. The second-order valence-corrected chi connectivity index (χ2v) is 6.25. The SMILES string of the molecule is CCOc1cc(/C=C/C(=O)NCCc2c[nH]c3ccccc23)ccc1OC(F)F. The number of para-hydroxylation sites is 1. The summed E-state index contributed by atoms with van der Waals surface area (Å²) in [5.74, 6) is -0.0763. The van der Waals surface area contributed by atoms with Gasteiger partial charge in [0.15, 0.2) is 11.5 Å².